The van der Waals surface area contributed by atoms with E-state index in [4.69, 9.17) is 14.9 Å². The van der Waals surface area contributed by atoms with Crippen molar-refractivity contribution in [1.82, 2.24) is 0 Å². The van der Waals surface area contributed by atoms with Gasteiger partial charge in [0.15, 0.2) is 6.10 Å². The summed E-state index contributed by atoms with van der Waals surface area (Å²) < 4.78 is 42.2. The second kappa shape index (κ2) is 8.05. The highest BCUT2D eigenvalue weighted by Gasteiger charge is 2.44. The Morgan fingerprint density at radius 1 is 1.18 bits per heavy atom. The van der Waals surface area contributed by atoms with Gasteiger partial charge in [0.1, 0.15) is 11.2 Å². The van der Waals surface area contributed by atoms with Crippen molar-refractivity contribution in [3.63, 3.8) is 0 Å². The number of carboxylic acid groups (broad SMARTS) is 2. The molecular weight excluding hydrogens is 381 g/mol. The maximum Gasteiger partial charge on any atom is 0.418 e. The number of hydrogen-bond acceptors (Lipinski definition) is 4. The van der Waals surface area contributed by atoms with Gasteiger partial charge in [-0.2, -0.15) is 13.2 Å². The first-order valence-electron chi connectivity index (χ1n) is 8.30. The fraction of sp³-hybridized carbons (Fsp3) is 0.368. The molecular formula is C19H19F3O6. The number of benzene rings is 1. The van der Waals surface area contributed by atoms with Crippen LogP contribution in [0.15, 0.2) is 47.7 Å². The molecule has 9 heteroatoms. The first kappa shape index (κ1) is 21.5. The first-order chi connectivity index (χ1) is 13.0. The molecule has 0 amide bonds. The zero-order chi connectivity index (χ0) is 21.1. The molecule has 2 aliphatic rings. The minimum absolute atomic E-state index is 0.0206. The molecule has 0 fully saturated rings. The Hall–Kier alpha value is -2.81. The molecule has 1 aliphatic heterocycles. The van der Waals surface area contributed by atoms with E-state index in [1.54, 1.807) is 18.2 Å². The van der Waals surface area contributed by atoms with Crippen molar-refractivity contribution >= 4 is 11.9 Å². The predicted octanol–water partition coefficient (Wildman–Crippen LogP) is 3.80. The normalized spacial score (nSPS) is 24.1. The molecule has 152 valence electrons. The quantitative estimate of drug-likeness (QED) is 0.698. The van der Waals surface area contributed by atoms with E-state index in [0.717, 1.165) is 11.6 Å². The molecule has 3 N–H and O–H groups in total. The van der Waals surface area contributed by atoms with Crippen LogP contribution in [0.2, 0.25) is 0 Å². The molecule has 28 heavy (non-hydrogen) atoms. The van der Waals surface area contributed by atoms with Gasteiger partial charge in [-0.25, -0.2) is 4.79 Å². The van der Waals surface area contributed by atoms with Crippen molar-refractivity contribution in [2.75, 3.05) is 6.61 Å². The summed E-state index contributed by atoms with van der Waals surface area (Å²) in [4.78, 5) is 21.4. The van der Waals surface area contributed by atoms with E-state index in [9.17, 15) is 27.9 Å². The van der Waals surface area contributed by atoms with Crippen molar-refractivity contribution in [3.8, 4) is 0 Å². The molecule has 1 unspecified atom stereocenters. The number of aliphatic hydroxyl groups excluding tert-OH is 1. The monoisotopic (exact) mass is 400 g/mol. The lowest BCUT2D eigenvalue weighted by Crippen LogP contribution is -2.33. The number of allylic oxidation sites excluding steroid dienone is 2. The molecule has 1 aromatic carbocycles. The van der Waals surface area contributed by atoms with E-state index in [0.29, 0.717) is 6.42 Å². The van der Waals surface area contributed by atoms with Crippen LogP contribution in [-0.2, 0) is 20.7 Å². The standard InChI is InChI=1S/C10H9F3O.C9H10O5/c11-10(12,13)9-8-4-2-1-3-7(8)5-6-14-9;1-9(8(13)14)4-5(7(11)12)2-3-6(9)10/h1-4,9H,5-6H2;2-3,10H,4H2,1H3,(H,11,12)(H,13,14)/t;9-/m.0/s1. The number of ether oxygens (including phenoxy) is 1. The van der Waals surface area contributed by atoms with Crippen LogP contribution < -0.4 is 0 Å². The summed E-state index contributed by atoms with van der Waals surface area (Å²) >= 11 is 0. The topological polar surface area (TPSA) is 104 Å². The van der Waals surface area contributed by atoms with Gasteiger partial charge in [-0.05, 0) is 36.6 Å². The van der Waals surface area contributed by atoms with Gasteiger partial charge < -0.3 is 20.1 Å². The van der Waals surface area contributed by atoms with Crippen LogP contribution >= 0.6 is 0 Å². The summed E-state index contributed by atoms with van der Waals surface area (Å²) in [6, 6.07) is 6.55. The predicted molar refractivity (Wildman–Crippen MR) is 91.7 cm³/mol. The Kier molecular flexibility index (Phi) is 6.18. The number of aliphatic carboxylic acids is 2. The van der Waals surface area contributed by atoms with Gasteiger partial charge in [0, 0.05) is 12.0 Å². The number of alkyl halides is 3. The van der Waals surface area contributed by atoms with E-state index in [2.05, 4.69) is 0 Å². The molecule has 1 aromatic rings. The van der Waals surface area contributed by atoms with Crippen molar-refractivity contribution in [2.24, 2.45) is 5.41 Å². The SMILES string of the molecule is C[C@]1(C(=O)O)CC(C(=O)O)=CC=C1O.FC(F)(F)C1OCCc2ccccc21. The first-order valence-corrected chi connectivity index (χ1v) is 8.30. The molecule has 0 spiro atoms. The van der Waals surface area contributed by atoms with Crippen LogP contribution in [0.5, 0.6) is 0 Å². The highest BCUT2D eigenvalue weighted by atomic mass is 19.4. The largest absolute Gasteiger partial charge is 0.511 e. The highest BCUT2D eigenvalue weighted by molar-refractivity contribution is 5.90. The van der Waals surface area contributed by atoms with Crippen LogP contribution in [0, 0.1) is 5.41 Å². The molecule has 0 saturated carbocycles. The number of aliphatic hydroxyl groups is 1. The fourth-order valence-electron chi connectivity index (χ4n) is 2.89. The summed E-state index contributed by atoms with van der Waals surface area (Å²) in [6.45, 7) is 1.43. The third kappa shape index (κ3) is 4.53. The smallest absolute Gasteiger partial charge is 0.418 e. The van der Waals surface area contributed by atoms with E-state index < -0.39 is 29.6 Å². The molecule has 0 radical (unpaired) electrons. The van der Waals surface area contributed by atoms with E-state index in [1.807, 2.05) is 0 Å². The highest BCUT2D eigenvalue weighted by Crippen LogP contribution is 2.39. The minimum atomic E-state index is -4.31. The number of halogens is 3. The van der Waals surface area contributed by atoms with E-state index in [1.165, 1.54) is 19.1 Å². The Morgan fingerprint density at radius 2 is 1.82 bits per heavy atom. The van der Waals surface area contributed by atoms with Crippen LogP contribution in [0.1, 0.15) is 30.6 Å². The maximum atomic E-state index is 12.5. The Labute approximate surface area is 158 Å². The van der Waals surface area contributed by atoms with Crippen molar-refractivity contribution in [2.45, 2.75) is 32.0 Å². The summed E-state index contributed by atoms with van der Waals surface area (Å²) in [6.07, 6.45) is -3.38. The molecule has 2 atom stereocenters. The van der Waals surface area contributed by atoms with E-state index >= 15 is 0 Å². The molecule has 1 aliphatic carbocycles. The van der Waals surface area contributed by atoms with Crippen LogP contribution in [-0.4, -0.2) is 40.0 Å². The van der Waals surface area contributed by atoms with Crippen molar-refractivity contribution in [1.29, 1.82) is 0 Å². The molecule has 6 nitrogen and oxygen atoms in total. The number of hydrogen-bond donors (Lipinski definition) is 3. The van der Waals surface area contributed by atoms with Crippen LogP contribution in [0.25, 0.3) is 0 Å². The van der Waals surface area contributed by atoms with Gasteiger partial charge in [-0.15, -0.1) is 0 Å². The van der Waals surface area contributed by atoms with Crippen molar-refractivity contribution in [3.05, 3.63) is 58.9 Å². The number of fused-ring (bicyclic) bond motifs is 1. The van der Waals surface area contributed by atoms with Gasteiger partial charge in [-0.1, -0.05) is 24.3 Å². The van der Waals surface area contributed by atoms with Gasteiger partial charge in [0.2, 0.25) is 0 Å². The van der Waals surface area contributed by atoms with E-state index in [-0.39, 0.29) is 29.9 Å². The Bertz CT molecular complexity index is 827. The van der Waals surface area contributed by atoms with Crippen LogP contribution in [0.3, 0.4) is 0 Å². The molecule has 1 heterocycles. The molecule has 3 rings (SSSR count). The Morgan fingerprint density at radius 3 is 2.39 bits per heavy atom. The fourth-order valence-corrected chi connectivity index (χ4v) is 2.89. The number of carbonyl (C=O) groups is 2. The average Bonchev–Trinajstić information content (AvgIpc) is 2.63. The summed E-state index contributed by atoms with van der Waals surface area (Å²) in [7, 11) is 0. The summed E-state index contributed by atoms with van der Waals surface area (Å²) in [5, 5.41) is 26.9. The van der Waals surface area contributed by atoms with Gasteiger partial charge in [0.25, 0.3) is 0 Å². The third-order valence-corrected chi connectivity index (χ3v) is 4.59. The summed E-state index contributed by atoms with van der Waals surface area (Å²) in [5.74, 6) is -2.73. The second-order valence-corrected chi connectivity index (χ2v) is 6.60. The van der Waals surface area contributed by atoms with Crippen molar-refractivity contribution < 1.29 is 42.8 Å². The zero-order valence-corrected chi connectivity index (χ0v) is 14.9. The van der Waals surface area contributed by atoms with Crippen LogP contribution in [0.4, 0.5) is 13.2 Å². The number of carboxylic acids is 2. The lowest BCUT2D eigenvalue weighted by atomic mass is 9.78. The minimum Gasteiger partial charge on any atom is -0.511 e. The van der Waals surface area contributed by atoms with Gasteiger partial charge >= 0.3 is 18.1 Å². The molecule has 0 aromatic heterocycles. The van der Waals surface area contributed by atoms with Gasteiger partial charge in [0.05, 0.1) is 6.61 Å². The Balaban J connectivity index is 0.000000200. The zero-order valence-electron chi connectivity index (χ0n) is 14.9. The third-order valence-electron chi connectivity index (χ3n) is 4.59. The average molecular weight is 400 g/mol. The second-order valence-electron chi connectivity index (χ2n) is 6.60. The lowest BCUT2D eigenvalue weighted by Gasteiger charge is -2.27. The number of rotatable bonds is 2. The summed E-state index contributed by atoms with van der Waals surface area (Å²) in [5.41, 5.74) is -0.553. The molecule has 0 saturated heterocycles. The van der Waals surface area contributed by atoms with Gasteiger partial charge in [-0.3, -0.25) is 4.79 Å². The lowest BCUT2D eigenvalue weighted by molar-refractivity contribution is -0.227. The molecule has 0 bridgehead atoms. The maximum absolute atomic E-state index is 12.5.